The van der Waals surface area contributed by atoms with Crippen LogP contribution >= 0.6 is 11.6 Å². The molecule has 0 aliphatic rings. The summed E-state index contributed by atoms with van der Waals surface area (Å²) >= 11 is 6.62. The highest BCUT2D eigenvalue weighted by molar-refractivity contribution is 7.92. The van der Waals surface area contributed by atoms with Crippen molar-refractivity contribution in [1.82, 2.24) is 24.6 Å². The second-order valence-electron chi connectivity index (χ2n) is 11.5. The van der Waals surface area contributed by atoms with E-state index in [0.29, 0.717) is 11.8 Å². The maximum Gasteiger partial charge on any atom is 0.405 e. The number of rotatable bonds is 11. The minimum Gasteiger partial charge on any atom is -0.497 e. The molecule has 2 aromatic heterocycles. The van der Waals surface area contributed by atoms with Gasteiger partial charge >= 0.3 is 6.09 Å². The SMILES string of the molecule is COc1ccc(CCS(=O)(=O)Nc2nn(C)c3c(-n4c([C@H](Cc5cc(F)cc(F)c5)NC(=O)O)nc5ccc(F)cc5c4=O)ccc(Cl)c23)cc1. The van der Waals surface area contributed by atoms with Crippen LogP contribution in [0.15, 0.2) is 77.6 Å². The maximum atomic E-state index is 14.4. The average molecular weight is 741 g/mol. The largest absolute Gasteiger partial charge is 0.497 e. The van der Waals surface area contributed by atoms with Crippen LogP contribution < -0.4 is 20.3 Å². The Morgan fingerprint density at radius 1 is 0.980 bits per heavy atom. The maximum absolute atomic E-state index is 14.4. The number of aryl methyl sites for hydroxylation is 2. The molecule has 2 heterocycles. The van der Waals surface area contributed by atoms with Crippen molar-refractivity contribution in [3.05, 3.63) is 123 Å². The van der Waals surface area contributed by atoms with Crippen LogP contribution in [0.5, 0.6) is 5.75 Å². The van der Waals surface area contributed by atoms with Crippen molar-refractivity contribution < 1.29 is 36.2 Å². The summed E-state index contributed by atoms with van der Waals surface area (Å²) in [5.41, 5.74) is 0.111. The van der Waals surface area contributed by atoms with E-state index in [1.165, 1.54) is 37.0 Å². The minimum absolute atomic E-state index is 0.00999. The Bertz CT molecular complexity index is 2470. The number of hydrogen-bond donors (Lipinski definition) is 3. The quantitative estimate of drug-likeness (QED) is 0.149. The predicted molar refractivity (Wildman–Crippen MR) is 185 cm³/mol. The molecule has 0 spiro atoms. The van der Waals surface area contributed by atoms with E-state index in [4.69, 9.17) is 16.3 Å². The molecule has 0 aliphatic heterocycles. The first-order chi connectivity index (χ1) is 24.2. The zero-order chi connectivity index (χ0) is 36.6. The van der Waals surface area contributed by atoms with Crippen LogP contribution in [-0.4, -0.2) is 51.8 Å². The molecule has 1 atom stereocenters. The second-order valence-corrected chi connectivity index (χ2v) is 13.8. The topological polar surface area (TPSA) is 157 Å². The molecule has 3 N–H and O–H groups in total. The van der Waals surface area contributed by atoms with Gasteiger partial charge in [0, 0.05) is 19.5 Å². The summed E-state index contributed by atoms with van der Waals surface area (Å²) in [6.07, 6.45) is -1.74. The number of nitrogens with one attached hydrogen (secondary N) is 2. The first-order valence-electron chi connectivity index (χ1n) is 15.2. The van der Waals surface area contributed by atoms with Crippen LogP contribution in [0.3, 0.4) is 0 Å². The normalized spacial score (nSPS) is 12.3. The Hall–Kier alpha value is -5.61. The number of ether oxygens (including phenoxy) is 1. The van der Waals surface area contributed by atoms with Crippen LogP contribution in [0.1, 0.15) is 23.0 Å². The minimum atomic E-state index is -4.01. The molecule has 17 heteroatoms. The van der Waals surface area contributed by atoms with Gasteiger partial charge in [0.2, 0.25) is 10.0 Å². The smallest absolute Gasteiger partial charge is 0.405 e. The number of halogens is 4. The van der Waals surface area contributed by atoms with Crippen molar-refractivity contribution in [2.45, 2.75) is 18.9 Å². The van der Waals surface area contributed by atoms with Crippen LogP contribution in [0.2, 0.25) is 5.02 Å². The molecular formula is C34H28ClF3N6O6S. The van der Waals surface area contributed by atoms with Gasteiger partial charge in [-0.05, 0) is 72.1 Å². The molecule has 0 aliphatic carbocycles. The molecule has 0 saturated carbocycles. The van der Waals surface area contributed by atoms with Crippen LogP contribution in [0.25, 0.3) is 27.5 Å². The van der Waals surface area contributed by atoms with E-state index in [0.717, 1.165) is 34.4 Å². The molecule has 6 aromatic rings. The number of fused-ring (bicyclic) bond motifs is 2. The lowest BCUT2D eigenvalue weighted by molar-refractivity contribution is 0.189. The fraction of sp³-hybridized carbons (Fsp3) is 0.176. The summed E-state index contributed by atoms with van der Waals surface area (Å²) in [6, 6.07) is 14.2. The number of amides is 1. The molecule has 0 saturated heterocycles. The van der Waals surface area contributed by atoms with E-state index < -0.39 is 45.2 Å². The molecule has 0 fully saturated rings. The van der Waals surface area contributed by atoms with Crippen molar-refractivity contribution in [2.24, 2.45) is 7.05 Å². The van der Waals surface area contributed by atoms with Crippen LogP contribution in [0, 0.1) is 17.5 Å². The number of carbonyl (C=O) groups is 1. The summed E-state index contributed by atoms with van der Waals surface area (Å²) in [4.78, 5) is 30.8. The highest BCUT2D eigenvalue weighted by Gasteiger charge is 2.28. The van der Waals surface area contributed by atoms with Crippen molar-refractivity contribution >= 4 is 55.3 Å². The third-order valence-corrected chi connectivity index (χ3v) is 9.62. The molecule has 264 valence electrons. The highest BCUT2D eigenvalue weighted by atomic mass is 35.5. The van der Waals surface area contributed by atoms with Crippen LogP contribution in [-0.2, 0) is 29.9 Å². The first-order valence-corrected chi connectivity index (χ1v) is 17.2. The van der Waals surface area contributed by atoms with Gasteiger partial charge in [0.25, 0.3) is 5.56 Å². The van der Waals surface area contributed by atoms with Gasteiger partial charge in [-0.2, -0.15) is 5.10 Å². The highest BCUT2D eigenvalue weighted by Crippen LogP contribution is 2.36. The molecule has 1 amide bonds. The lowest BCUT2D eigenvalue weighted by Crippen LogP contribution is -2.35. The van der Waals surface area contributed by atoms with E-state index >= 15 is 0 Å². The third-order valence-electron chi connectivity index (χ3n) is 8.06. The number of methoxy groups -OCH3 is 1. The van der Waals surface area contributed by atoms with Gasteiger partial charge in [0.15, 0.2) is 5.82 Å². The number of nitrogens with zero attached hydrogens (tertiary/aromatic N) is 4. The first kappa shape index (κ1) is 35.2. The lowest BCUT2D eigenvalue weighted by Gasteiger charge is -2.22. The number of benzene rings is 4. The van der Waals surface area contributed by atoms with Gasteiger partial charge in [0.1, 0.15) is 29.0 Å². The fourth-order valence-electron chi connectivity index (χ4n) is 5.81. The van der Waals surface area contributed by atoms with Gasteiger partial charge in [-0.25, -0.2) is 31.4 Å². The molecule has 0 radical (unpaired) electrons. The van der Waals surface area contributed by atoms with Crippen LogP contribution in [0.4, 0.5) is 23.8 Å². The standard InChI is InChI=1S/C34H28ClF3N6O6S/c1-43-30-28(10-8-25(35)29(30)31(41-43)42-51(48,49)12-11-18-3-6-23(50-2)7-4-18)44-32(39-26-9-5-20(36)17-24(26)33(44)45)27(40-34(46)47)15-19-13-21(37)16-22(38)14-19/h3-10,13-14,16-17,27,40H,11-12,15H2,1-2H3,(H,41,42)(H,46,47)/t27-/m0/s1. The lowest BCUT2D eigenvalue weighted by atomic mass is 10.0. The summed E-state index contributed by atoms with van der Waals surface area (Å²) < 4.78 is 79.2. The third kappa shape index (κ3) is 7.46. The predicted octanol–water partition coefficient (Wildman–Crippen LogP) is 5.89. The Kier molecular flexibility index (Phi) is 9.64. The number of hydrogen-bond acceptors (Lipinski definition) is 7. The number of anilines is 1. The zero-order valence-corrected chi connectivity index (χ0v) is 28.4. The number of sulfonamides is 1. The summed E-state index contributed by atoms with van der Waals surface area (Å²) in [7, 11) is -1.02. The van der Waals surface area contributed by atoms with Crippen molar-refractivity contribution in [2.75, 3.05) is 17.6 Å². The summed E-state index contributed by atoms with van der Waals surface area (Å²) in [5.74, 6) is -2.65. The van der Waals surface area contributed by atoms with Gasteiger partial charge in [-0.15, -0.1) is 0 Å². The fourth-order valence-corrected chi connectivity index (χ4v) is 7.10. The Balaban J connectivity index is 1.50. The molecule has 6 rings (SSSR count). The van der Waals surface area contributed by atoms with Crippen molar-refractivity contribution in [1.29, 1.82) is 0 Å². The van der Waals surface area contributed by atoms with Crippen molar-refractivity contribution in [3.63, 3.8) is 0 Å². The van der Waals surface area contributed by atoms with Gasteiger partial charge in [0.05, 0.1) is 51.4 Å². The molecule has 51 heavy (non-hydrogen) atoms. The number of carboxylic acid groups (broad SMARTS) is 1. The molecule has 0 bridgehead atoms. The second kappa shape index (κ2) is 14.0. The van der Waals surface area contributed by atoms with E-state index in [9.17, 15) is 36.3 Å². The molecular weight excluding hydrogens is 713 g/mol. The van der Waals surface area contributed by atoms with Gasteiger partial charge in [-0.1, -0.05) is 23.7 Å². The van der Waals surface area contributed by atoms with Gasteiger partial charge in [-0.3, -0.25) is 18.8 Å². The monoisotopic (exact) mass is 740 g/mol. The van der Waals surface area contributed by atoms with Gasteiger partial charge < -0.3 is 15.2 Å². The molecule has 12 nitrogen and oxygen atoms in total. The Morgan fingerprint density at radius 3 is 2.35 bits per heavy atom. The Labute approximate surface area is 293 Å². The molecule has 4 aromatic carbocycles. The number of aromatic nitrogens is 4. The Morgan fingerprint density at radius 2 is 1.69 bits per heavy atom. The van der Waals surface area contributed by atoms with E-state index in [2.05, 4.69) is 20.1 Å². The summed E-state index contributed by atoms with van der Waals surface area (Å²) in [6.45, 7) is 0. The zero-order valence-electron chi connectivity index (χ0n) is 26.8. The average Bonchev–Trinajstić information content (AvgIpc) is 3.39. The summed E-state index contributed by atoms with van der Waals surface area (Å²) in [5, 5.41) is 16.4. The van der Waals surface area contributed by atoms with E-state index in [1.807, 2.05) is 0 Å². The van der Waals surface area contributed by atoms with E-state index in [-0.39, 0.29) is 68.3 Å². The van der Waals surface area contributed by atoms with Crippen molar-refractivity contribution in [3.8, 4) is 11.4 Å². The van der Waals surface area contributed by atoms with E-state index in [1.54, 1.807) is 24.3 Å². The molecule has 0 unspecified atom stereocenters.